The van der Waals surface area contributed by atoms with Crippen molar-refractivity contribution in [2.75, 3.05) is 12.4 Å². The van der Waals surface area contributed by atoms with E-state index in [0.717, 1.165) is 10.9 Å². The number of nitrogens with one attached hydrogen (secondary N) is 1. The van der Waals surface area contributed by atoms with Gasteiger partial charge in [-0.1, -0.05) is 12.1 Å². The van der Waals surface area contributed by atoms with Crippen LogP contribution in [0.3, 0.4) is 0 Å². The van der Waals surface area contributed by atoms with Crippen LogP contribution in [0.4, 0.5) is 5.82 Å². The number of para-hydroxylation sites is 1. The molecule has 0 fully saturated rings. The second-order valence-electron chi connectivity index (χ2n) is 5.47. The standard InChI is InChI=1S/C18H14N6O2/c1-11-8-15(22-17-13(11)4-3-5-14(17)26-2)24-18(12(9-20)10-21-24)23-16(25)6-7-19/h3-5,8,10H,6H2,1-2H3,(H,23,25). The minimum absolute atomic E-state index is 0.175. The number of ether oxygens (including phenoxy) is 1. The number of aromatic nitrogens is 3. The van der Waals surface area contributed by atoms with Crippen molar-refractivity contribution in [1.82, 2.24) is 14.8 Å². The second-order valence-corrected chi connectivity index (χ2v) is 5.47. The third-order valence-corrected chi connectivity index (χ3v) is 3.82. The van der Waals surface area contributed by atoms with Crippen LogP contribution in [0.2, 0.25) is 0 Å². The number of fused-ring (bicyclic) bond motifs is 1. The topological polar surface area (TPSA) is 117 Å². The molecule has 0 saturated carbocycles. The fraction of sp³-hybridized carbons (Fsp3) is 0.167. The number of nitriles is 2. The fourth-order valence-corrected chi connectivity index (χ4v) is 2.62. The molecule has 1 N–H and O–H groups in total. The average molecular weight is 346 g/mol. The molecule has 0 spiro atoms. The lowest BCUT2D eigenvalue weighted by Crippen LogP contribution is -2.15. The Morgan fingerprint density at radius 1 is 1.38 bits per heavy atom. The van der Waals surface area contributed by atoms with Crippen LogP contribution < -0.4 is 10.1 Å². The predicted molar refractivity (Wildman–Crippen MR) is 93.7 cm³/mol. The minimum atomic E-state index is -0.527. The van der Waals surface area contributed by atoms with Crippen molar-refractivity contribution in [3.63, 3.8) is 0 Å². The fourth-order valence-electron chi connectivity index (χ4n) is 2.62. The molecule has 1 aromatic carbocycles. The maximum Gasteiger partial charge on any atom is 0.239 e. The first kappa shape index (κ1) is 16.9. The summed E-state index contributed by atoms with van der Waals surface area (Å²) < 4.78 is 6.74. The summed E-state index contributed by atoms with van der Waals surface area (Å²) in [5.41, 5.74) is 1.76. The quantitative estimate of drug-likeness (QED) is 0.775. The molecule has 2 aromatic heterocycles. The smallest absolute Gasteiger partial charge is 0.239 e. The van der Waals surface area contributed by atoms with Gasteiger partial charge in [-0.2, -0.15) is 20.3 Å². The lowest BCUT2D eigenvalue weighted by molar-refractivity contribution is -0.115. The molecule has 26 heavy (non-hydrogen) atoms. The Labute approximate surface area is 149 Å². The van der Waals surface area contributed by atoms with E-state index in [4.69, 9.17) is 10.00 Å². The van der Waals surface area contributed by atoms with Gasteiger partial charge in [-0.05, 0) is 24.6 Å². The first-order valence-corrected chi connectivity index (χ1v) is 7.68. The monoisotopic (exact) mass is 346 g/mol. The molecule has 3 aromatic rings. The van der Waals surface area contributed by atoms with Crippen LogP contribution >= 0.6 is 0 Å². The van der Waals surface area contributed by atoms with Crippen LogP contribution in [0.15, 0.2) is 30.5 Å². The molecule has 3 rings (SSSR count). The molecule has 0 radical (unpaired) electrons. The summed E-state index contributed by atoms with van der Waals surface area (Å²) in [5.74, 6) is 0.679. The zero-order valence-electron chi connectivity index (χ0n) is 14.1. The number of nitrogens with zero attached hydrogens (tertiary/aromatic N) is 5. The number of aryl methyl sites for hydroxylation is 1. The molecule has 0 saturated heterocycles. The Balaban J connectivity index is 2.18. The van der Waals surface area contributed by atoms with Crippen LogP contribution in [0.1, 0.15) is 17.5 Å². The highest BCUT2D eigenvalue weighted by Crippen LogP contribution is 2.29. The molecule has 0 bridgehead atoms. The zero-order chi connectivity index (χ0) is 18.7. The number of carbonyl (C=O) groups is 1. The van der Waals surface area contributed by atoms with Gasteiger partial charge in [-0.25, -0.2) is 4.98 Å². The first-order chi connectivity index (χ1) is 12.6. The Bertz CT molecular complexity index is 1090. The molecule has 0 aliphatic carbocycles. The van der Waals surface area contributed by atoms with E-state index in [9.17, 15) is 10.1 Å². The third kappa shape index (κ3) is 2.92. The van der Waals surface area contributed by atoms with Crippen LogP contribution in [0.25, 0.3) is 16.7 Å². The number of anilines is 1. The Morgan fingerprint density at radius 2 is 2.19 bits per heavy atom. The Hall–Kier alpha value is -3.91. The van der Waals surface area contributed by atoms with Crippen LogP contribution in [-0.4, -0.2) is 27.8 Å². The van der Waals surface area contributed by atoms with Crippen molar-refractivity contribution < 1.29 is 9.53 Å². The van der Waals surface area contributed by atoms with Gasteiger partial charge in [0.1, 0.15) is 29.3 Å². The van der Waals surface area contributed by atoms with Gasteiger partial charge < -0.3 is 10.1 Å². The molecule has 128 valence electrons. The summed E-state index contributed by atoms with van der Waals surface area (Å²) >= 11 is 0. The molecule has 0 unspecified atom stereocenters. The van der Waals surface area contributed by atoms with Gasteiger partial charge in [-0.15, -0.1) is 0 Å². The van der Waals surface area contributed by atoms with Crippen molar-refractivity contribution in [3.05, 3.63) is 41.6 Å². The highest BCUT2D eigenvalue weighted by Gasteiger charge is 2.17. The molecule has 0 aliphatic rings. The molecule has 0 atom stereocenters. The van der Waals surface area contributed by atoms with E-state index in [1.807, 2.05) is 25.1 Å². The molecular formula is C18H14N6O2. The third-order valence-electron chi connectivity index (χ3n) is 3.82. The maximum atomic E-state index is 11.8. The summed E-state index contributed by atoms with van der Waals surface area (Å²) in [5, 5.41) is 25.6. The molecule has 8 heteroatoms. The van der Waals surface area contributed by atoms with E-state index in [0.29, 0.717) is 17.1 Å². The highest BCUT2D eigenvalue weighted by molar-refractivity contribution is 5.93. The average Bonchev–Trinajstić information content (AvgIpc) is 3.03. The number of hydrogen-bond donors (Lipinski definition) is 1. The van der Waals surface area contributed by atoms with Crippen molar-refractivity contribution in [3.8, 4) is 23.7 Å². The largest absolute Gasteiger partial charge is 0.494 e. The van der Waals surface area contributed by atoms with E-state index >= 15 is 0 Å². The van der Waals surface area contributed by atoms with E-state index in [-0.39, 0.29) is 17.8 Å². The molecular weight excluding hydrogens is 332 g/mol. The number of methoxy groups -OCH3 is 1. The van der Waals surface area contributed by atoms with Gasteiger partial charge in [0.2, 0.25) is 5.91 Å². The summed E-state index contributed by atoms with van der Waals surface area (Å²) in [4.78, 5) is 16.4. The number of carbonyl (C=O) groups excluding carboxylic acids is 1. The van der Waals surface area contributed by atoms with E-state index in [1.54, 1.807) is 25.3 Å². The van der Waals surface area contributed by atoms with Crippen molar-refractivity contribution >= 4 is 22.6 Å². The van der Waals surface area contributed by atoms with E-state index in [2.05, 4.69) is 15.4 Å². The van der Waals surface area contributed by atoms with Gasteiger partial charge in [0.25, 0.3) is 0 Å². The van der Waals surface area contributed by atoms with E-state index in [1.165, 1.54) is 10.9 Å². The van der Waals surface area contributed by atoms with Crippen LogP contribution in [0.5, 0.6) is 5.75 Å². The number of hydrogen-bond acceptors (Lipinski definition) is 6. The van der Waals surface area contributed by atoms with Gasteiger partial charge in [-0.3, -0.25) is 4.79 Å². The number of amides is 1. The summed E-state index contributed by atoms with van der Waals surface area (Å²) in [7, 11) is 1.56. The summed E-state index contributed by atoms with van der Waals surface area (Å²) in [6, 6.07) is 11.2. The number of rotatable bonds is 4. The Kier molecular flexibility index (Phi) is 4.50. The Morgan fingerprint density at radius 3 is 2.88 bits per heavy atom. The molecule has 8 nitrogen and oxygen atoms in total. The lowest BCUT2D eigenvalue weighted by atomic mass is 10.1. The van der Waals surface area contributed by atoms with Crippen LogP contribution in [-0.2, 0) is 4.79 Å². The second kappa shape index (κ2) is 6.91. The normalized spacial score (nSPS) is 10.2. The van der Waals surface area contributed by atoms with Crippen molar-refractivity contribution in [2.24, 2.45) is 0 Å². The number of pyridine rings is 1. The predicted octanol–water partition coefficient (Wildman–Crippen LogP) is 2.46. The molecule has 1 amide bonds. The van der Waals surface area contributed by atoms with Gasteiger partial charge in [0.05, 0.1) is 19.4 Å². The van der Waals surface area contributed by atoms with Gasteiger partial charge >= 0.3 is 0 Å². The lowest BCUT2D eigenvalue weighted by Gasteiger charge is -2.12. The zero-order valence-corrected chi connectivity index (χ0v) is 14.1. The summed E-state index contributed by atoms with van der Waals surface area (Å²) in [6.07, 6.45) is 1.01. The molecule has 2 heterocycles. The van der Waals surface area contributed by atoms with Gasteiger partial charge in [0, 0.05) is 5.39 Å². The molecule has 0 aliphatic heterocycles. The van der Waals surface area contributed by atoms with Crippen molar-refractivity contribution in [1.29, 1.82) is 10.5 Å². The highest BCUT2D eigenvalue weighted by atomic mass is 16.5. The first-order valence-electron chi connectivity index (χ1n) is 7.68. The van der Waals surface area contributed by atoms with Crippen molar-refractivity contribution in [2.45, 2.75) is 13.3 Å². The van der Waals surface area contributed by atoms with Gasteiger partial charge in [0.15, 0.2) is 11.6 Å². The maximum absolute atomic E-state index is 11.8. The summed E-state index contributed by atoms with van der Waals surface area (Å²) in [6.45, 7) is 1.93. The SMILES string of the molecule is COc1cccc2c(C)cc(-n3ncc(C#N)c3NC(=O)CC#N)nc12. The van der Waals surface area contributed by atoms with E-state index < -0.39 is 5.91 Å². The minimum Gasteiger partial charge on any atom is -0.494 e. The van der Waals surface area contributed by atoms with Crippen LogP contribution in [0, 0.1) is 29.6 Å². The number of benzene rings is 1.